The Labute approximate surface area is 114 Å². The number of fused-ring (bicyclic) bond motifs is 1. The predicted octanol–water partition coefficient (Wildman–Crippen LogP) is 3.04. The molecule has 2 rings (SSSR count). The highest BCUT2D eigenvalue weighted by atomic mass is 79.9. The lowest BCUT2D eigenvalue weighted by Gasteiger charge is -2.23. The number of carbonyl (C=O) groups is 1. The van der Waals surface area contributed by atoms with Crippen LogP contribution in [0.4, 0.5) is 10.1 Å². The summed E-state index contributed by atoms with van der Waals surface area (Å²) in [5, 5.41) is 0. The van der Waals surface area contributed by atoms with Crippen molar-refractivity contribution in [2.75, 3.05) is 14.1 Å². The summed E-state index contributed by atoms with van der Waals surface area (Å²) < 4.78 is 14.5. The van der Waals surface area contributed by atoms with Crippen molar-refractivity contribution in [1.29, 1.82) is 0 Å². The Morgan fingerprint density at radius 3 is 2.56 bits per heavy atom. The molecule has 0 bridgehead atoms. The molecule has 0 spiro atoms. The van der Waals surface area contributed by atoms with Gasteiger partial charge in [0.05, 0.1) is 0 Å². The van der Waals surface area contributed by atoms with Crippen LogP contribution in [-0.4, -0.2) is 30.6 Å². The SMILES string of the molecule is CN(C)C(=O)C1=Nc2c(F)cc(Br)cc2C1(C)C. The van der Waals surface area contributed by atoms with Crippen molar-refractivity contribution in [3.8, 4) is 0 Å². The highest BCUT2D eigenvalue weighted by Gasteiger charge is 2.41. The van der Waals surface area contributed by atoms with Crippen LogP contribution in [0.25, 0.3) is 0 Å². The molecular formula is C13H14BrFN2O. The molecule has 0 saturated heterocycles. The van der Waals surface area contributed by atoms with E-state index in [0.717, 1.165) is 5.56 Å². The van der Waals surface area contributed by atoms with E-state index in [1.807, 2.05) is 19.9 Å². The van der Waals surface area contributed by atoms with Gasteiger partial charge in [0.2, 0.25) is 0 Å². The van der Waals surface area contributed by atoms with Gasteiger partial charge in [0.1, 0.15) is 17.2 Å². The van der Waals surface area contributed by atoms with Crippen LogP contribution in [0, 0.1) is 5.82 Å². The summed E-state index contributed by atoms with van der Waals surface area (Å²) in [6.45, 7) is 3.76. The third-order valence-electron chi connectivity index (χ3n) is 3.13. The number of hydrogen-bond donors (Lipinski definition) is 0. The van der Waals surface area contributed by atoms with Gasteiger partial charge in [-0.15, -0.1) is 0 Å². The Balaban J connectivity index is 2.61. The van der Waals surface area contributed by atoms with E-state index in [9.17, 15) is 9.18 Å². The van der Waals surface area contributed by atoms with Crippen LogP contribution in [0.3, 0.4) is 0 Å². The Bertz CT molecular complexity index is 564. The second-order valence-corrected chi connectivity index (χ2v) is 5.98. The van der Waals surface area contributed by atoms with Gasteiger partial charge >= 0.3 is 0 Å². The normalized spacial score (nSPS) is 16.2. The summed E-state index contributed by atoms with van der Waals surface area (Å²) in [5.74, 6) is -0.597. The second kappa shape index (κ2) is 4.16. The molecular weight excluding hydrogens is 299 g/mol. The molecule has 1 amide bonds. The standard InChI is InChI=1S/C13H14BrFN2O/c1-13(2)8-5-7(14)6-9(15)10(8)16-11(13)12(18)17(3)4/h5-6H,1-4H3. The van der Waals surface area contributed by atoms with Gasteiger partial charge in [-0.2, -0.15) is 0 Å². The van der Waals surface area contributed by atoms with Gasteiger partial charge in [0, 0.05) is 24.0 Å². The first-order chi connectivity index (χ1) is 8.25. The van der Waals surface area contributed by atoms with E-state index >= 15 is 0 Å². The molecule has 0 atom stereocenters. The molecule has 96 valence electrons. The van der Waals surface area contributed by atoms with Crippen LogP contribution in [-0.2, 0) is 10.2 Å². The average Bonchev–Trinajstić information content (AvgIpc) is 2.50. The zero-order valence-corrected chi connectivity index (χ0v) is 12.3. The molecule has 0 saturated carbocycles. The molecule has 1 aliphatic rings. The molecule has 3 nitrogen and oxygen atoms in total. The molecule has 18 heavy (non-hydrogen) atoms. The predicted molar refractivity (Wildman–Crippen MR) is 72.9 cm³/mol. The maximum Gasteiger partial charge on any atom is 0.268 e. The fourth-order valence-corrected chi connectivity index (χ4v) is 2.49. The molecule has 1 aromatic rings. The number of aliphatic imine (C=N–C) groups is 1. The zero-order chi connectivity index (χ0) is 13.7. The van der Waals surface area contributed by atoms with Crippen LogP contribution >= 0.6 is 15.9 Å². The molecule has 5 heteroatoms. The minimum atomic E-state index is -0.582. The molecule has 0 unspecified atom stereocenters. The van der Waals surface area contributed by atoms with Crippen molar-refractivity contribution in [2.24, 2.45) is 4.99 Å². The van der Waals surface area contributed by atoms with E-state index in [0.29, 0.717) is 10.2 Å². The van der Waals surface area contributed by atoms with Crippen molar-refractivity contribution in [3.63, 3.8) is 0 Å². The molecule has 1 aromatic carbocycles. The molecule has 1 aliphatic heterocycles. The third-order valence-corrected chi connectivity index (χ3v) is 3.58. The van der Waals surface area contributed by atoms with Gasteiger partial charge in [-0.3, -0.25) is 4.79 Å². The first-order valence-corrected chi connectivity index (χ1v) is 6.35. The number of halogens is 2. The van der Waals surface area contributed by atoms with E-state index in [2.05, 4.69) is 20.9 Å². The highest BCUT2D eigenvalue weighted by molar-refractivity contribution is 9.10. The Morgan fingerprint density at radius 1 is 1.39 bits per heavy atom. The molecule has 0 aromatic heterocycles. The lowest BCUT2D eigenvalue weighted by molar-refractivity contribution is -0.122. The third kappa shape index (κ3) is 1.86. The maximum absolute atomic E-state index is 13.9. The van der Waals surface area contributed by atoms with Crippen LogP contribution in [0.2, 0.25) is 0 Å². The number of rotatable bonds is 1. The Kier molecular flexibility index (Phi) is 3.05. The monoisotopic (exact) mass is 312 g/mol. The van der Waals surface area contributed by atoms with E-state index in [4.69, 9.17) is 0 Å². The highest BCUT2D eigenvalue weighted by Crippen LogP contribution is 2.43. The largest absolute Gasteiger partial charge is 0.344 e. The topological polar surface area (TPSA) is 32.7 Å². The van der Waals surface area contributed by atoms with Gasteiger partial charge in [-0.25, -0.2) is 9.38 Å². The van der Waals surface area contributed by atoms with Crippen molar-refractivity contribution >= 4 is 33.2 Å². The van der Waals surface area contributed by atoms with Gasteiger partial charge in [0.15, 0.2) is 0 Å². The smallest absolute Gasteiger partial charge is 0.268 e. The quantitative estimate of drug-likeness (QED) is 0.784. The van der Waals surface area contributed by atoms with E-state index in [-0.39, 0.29) is 11.6 Å². The van der Waals surface area contributed by atoms with Gasteiger partial charge < -0.3 is 4.90 Å². The molecule has 0 N–H and O–H groups in total. The Morgan fingerprint density at radius 2 is 2.00 bits per heavy atom. The second-order valence-electron chi connectivity index (χ2n) is 5.07. The van der Waals surface area contributed by atoms with Crippen LogP contribution in [0.5, 0.6) is 0 Å². The summed E-state index contributed by atoms with van der Waals surface area (Å²) in [7, 11) is 3.33. The first-order valence-electron chi connectivity index (χ1n) is 5.55. The minimum absolute atomic E-state index is 0.188. The first kappa shape index (κ1) is 13.2. The van der Waals surface area contributed by atoms with E-state index in [1.165, 1.54) is 11.0 Å². The van der Waals surface area contributed by atoms with Crippen molar-refractivity contribution in [3.05, 3.63) is 28.0 Å². The lowest BCUT2D eigenvalue weighted by Crippen LogP contribution is -2.39. The molecule has 0 radical (unpaired) electrons. The van der Waals surface area contributed by atoms with Crippen LogP contribution in [0.1, 0.15) is 19.4 Å². The summed E-state index contributed by atoms with van der Waals surface area (Å²) in [5.41, 5.74) is 0.800. The summed E-state index contributed by atoms with van der Waals surface area (Å²) in [6, 6.07) is 3.18. The van der Waals surface area contributed by atoms with Crippen LogP contribution in [0.15, 0.2) is 21.6 Å². The van der Waals surface area contributed by atoms with Crippen LogP contribution < -0.4 is 0 Å². The van der Waals surface area contributed by atoms with E-state index in [1.54, 1.807) is 14.1 Å². The summed E-state index contributed by atoms with van der Waals surface area (Å²) in [6.07, 6.45) is 0. The number of carbonyl (C=O) groups excluding carboxylic acids is 1. The van der Waals surface area contributed by atoms with Crippen molar-refractivity contribution in [2.45, 2.75) is 19.3 Å². The summed E-state index contributed by atoms with van der Waals surface area (Å²) in [4.78, 5) is 17.7. The zero-order valence-electron chi connectivity index (χ0n) is 10.7. The average molecular weight is 313 g/mol. The maximum atomic E-state index is 13.9. The van der Waals surface area contributed by atoms with Crippen molar-refractivity contribution in [1.82, 2.24) is 4.90 Å². The van der Waals surface area contributed by atoms with Gasteiger partial charge in [-0.1, -0.05) is 15.9 Å². The van der Waals surface area contributed by atoms with E-state index < -0.39 is 11.2 Å². The fraction of sp³-hybridized carbons (Fsp3) is 0.385. The van der Waals surface area contributed by atoms with Gasteiger partial charge in [0.25, 0.3) is 5.91 Å². The minimum Gasteiger partial charge on any atom is -0.344 e. The molecule has 0 aliphatic carbocycles. The molecule has 1 heterocycles. The number of benzene rings is 1. The fourth-order valence-electron chi connectivity index (χ4n) is 2.06. The Hall–Kier alpha value is -1.23. The number of hydrogen-bond acceptors (Lipinski definition) is 2. The molecule has 0 fully saturated rings. The van der Waals surface area contributed by atoms with Gasteiger partial charge in [-0.05, 0) is 31.5 Å². The lowest BCUT2D eigenvalue weighted by atomic mass is 9.81. The number of nitrogens with zero attached hydrogens (tertiary/aromatic N) is 2. The van der Waals surface area contributed by atoms with Crippen molar-refractivity contribution < 1.29 is 9.18 Å². The summed E-state index contributed by atoms with van der Waals surface area (Å²) >= 11 is 3.27. The number of amides is 1.